The maximum atomic E-state index is 6.15. The monoisotopic (exact) mass is 351 g/mol. The molecule has 0 saturated heterocycles. The third-order valence-electron chi connectivity index (χ3n) is 5.97. The van der Waals surface area contributed by atoms with Crippen LogP contribution in [0, 0.1) is 0 Å². The van der Waals surface area contributed by atoms with Crippen molar-refractivity contribution in [2.75, 3.05) is 31.4 Å². The van der Waals surface area contributed by atoms with Crippen molar-refractivity contribution in [1.29, 1.82) is 0 Å². The summed E-state index contributed by atoms with van der Waals surface area (Å²) in [6, 6.07) is 13.0. The lowest BCUT2D eigenvalue weighted by Gasteiger charge is -2.25. The van der Waals surface area contributed by atoms with Gasteiger partial charge in [-0.1, -0.05) is 44.4 Å². The molecular formula is C22H25NO3. The predicted octanol–water partition coefficient (Wildman–Crippen LogP) is 4.49. The van der Waals surface area contributed by atoms with E-state index in [1.165, 1.54) is 42.5 Å². The number of nitrogens with zero attached hydrogens (tertiary/aromatic N) is 1. The number of rotatable bonds is 5. The molecule has 0 saturated carbocycles. The highest BCUT2D eigenvalue weighted by atomic mass is 16.7. The summed E-state index contributed by atoms with van der Waals surface area (Å²) in [5, 5.41) is 0. The van der Waals surface area contributed by atoms with Gasteiger partial charge in [-0.05, 0) is 24.1 Å². The summed E-state index contributed by atoms with van der Waals surface area (Å²) < 4.78 is 17.3. The molecule has 1 unspecified atom stereocenters. The first-order valence-electron chi connectivity index (χ1n) is 9.73. The number of hydrogen-bond acceptors (Lipinski definition) is 4. The molecule has 2 aromatic rings. The first-order chi connectivity index (χ1) is 12.8. The Morgan fingerprint density at radius 2 is 1.77 bits per heavy atom. The molecule has 3 aliphatic rings. The molecule has 136 valence electrons. The third kappa shape index (κ3) is 2.28. The first kappa shape index (κ1) is 15.9. The minimum absolute atomic E-state index is 0.0995. The highest BCUT2D eigenvalue weighted by molar-refractivity contribution is 5.70. The summed E-state index contributed by atoms with van der Waals surface area (Å²) in [5.41, 5.74) is 3.88. The van der Waals surface area contributed by atoms with Gasteiger partial charge >= 0.3 is 0 Å². The third-order valence-corrected chi connectivity index (χ3v) is 5.97. The predicted molar refractivity (Wildman–Crippen MR) is 102 cm³/mol. The Morgan fingerprint density at radius 1 is 0.923 bits per heavy atom. The van der Waals surface area contributed by atoms with Crippen molar-refractivity contribution in [2.45, 2.75) is 38.0 Å². The van der Waals surface area contributed by atoms with Gasteiger partial charge in [-0.3, -0.25) is 0 Å². The molecule has 3 heterocycles. The van der Waals surface area contributed by atoms with E-state index in [1.54, 1.807) is 0 Å². The molecule has 3 aliphatic heterocycles. The maximum absolute atomic E-state index is 6.15. The highest BCUT2D eigenvalue weighted by Crippen LogP contribution is 2.54. The van der Waals surface area contributed by atoms with Gasteiger partial charge in [-0.15, -0.1) is 0 Å². The normalized spacial score (nSPS) is 21.8. The van der Waals surface area contributed by atoms with Gasteiger partial charge in [-0.25, -0.2) is 0 Å². The molecular weight excluding hydrogens is 326 g/mol. The average Bonchev–Trinajstić information content (AvgIpc) is 3.35. The molecule has 2 aromatic carbocycles. The van der Waals surface area contributed by atoms with Crippen LogP contribution in [0.1, 0.15) is 43.7 Å². The summed E-state index contributed by atoms with van der Waals surface area (Å²) in [7, 11) is 0. The van der Waals surface area contributed by atoms with Crippen LogP contribution in [-0.2, 0) is 5.41 Å². The maximum Gasteiger partial charge on any atom is 0.231 e. The fraction of sp³-hybridized carbons (Fsp3) is 0.455. The smallest absolute Gasteiger partial charge is 0.231 e. The second-order valence-corrected chi connectivity index (χ2v) is 7.57. The van der Waals surface area contributed by atoms with Gasteiger partial charge in [0.1, 0.15) is 12.4 Å². The number of anilines is 1. The van der Waals surface area contributed by atoms with Crippen LogP contribution in [0.15, 0.2) is 36.4 Å². The van der Waals surface area contributed by atoms with E-state index in [2.05, 4.69) is 42.2 Å². The Hall–Kier alpha value is -2.36. The Kier molecular flexibility index (Phi) is 3.73. The molecule has 1 atom stereocenters. The average molecular weight is 351 g/mol. The Labute approximate surface area is 154 Å². The van der Waals surface area contributed by atoms with E-state index in [9.17, 15) is 0 Å². The first-order valence-corrected chi connectivity index (χ1v) is 9.73. The summed E-state index contributed by atoms with van der Waals surface area (Å²) in [5.74, 6) is 2.58. The van der Waals surface area contributed by atoms with E-state index in [1.807, 2.05) is 6.07 Å². The lowest BCUT2D eigenvalue weighted by Crippen LogP contribution is -2.36. The molecule has 0 bridgehead atoms. The molecule has 0 aromatic heterocycles. The Morgan fingerprint density at radius 3 is 2.65 bits per heavy atom. The van der Waals surface area contributed by atoms with Crippen molar-refractivity contribution in [3.05, 3.63) is 47.5 Å². The SMILES string of the molecule is CCCCCCN1CC2(COc3cc4c(cc32)OCO4)c2ccccc21. The van der Waals surface area contributed by atoms with Crippen LogP contribution in [0.25, 0.3) is 0 Å². The van der Waals surface area contributed by atoms with Crippen LogP contribution in [0.2, 0.25) is 0 Å². The number of benzene rings is 2. The van der Waals surface area contributed by atoms with Crippen molar-refractivity contribution >= 4 is 5.69 Å². The fourth-order valence-electron chi connectivity index (χ4n) is 4.63. The van der Waals surface area contributed by atoms with Gasteiger partial charge in [0.25, 0.3) is 0 Å². The number of unbranched alkanes of at least 4 members (excludes halogenated alkanes) is 3. The van der Waals surface area contributed by atoms with E-state index in [0.717, 1.165) is 30.3 Å². The lowest BCUT2D eigenvalue weighted by atomic mass is 9.77. The molecule has 4 nitrogen and oxygen atoms in total. The Bertz CT molecular complexity index is 834. The van der Waals surface area contributed by atoms with Gasteiger partial charge in [0.05, 0.1) is 5.41 Å². The van der Waals surface area contributed by atoms with Crippen LogP contribution in [-0.4, -0.2) is 26.5 Å². The molecule has 0 amide bonds. The molecule has 0 aliphatic carbocycles. The van der Waals surface area contributed by atoms with Crippen molar-refractivity contribution in [2.24, 2.45) is 0 Å². The summed E-state index contributed by atoms with van der Waals surface area (Å²) in [4.78, 5) is 2.55. The van der Waals surface area contributed by atoms with Crippen LogP contribution >= 0.6 is 0 Å². The quantitative estimate of drug-likeness (QED) is 0.743. The van der Waals surface area contributed by atoms with Crippen LogP contribution in [0.4, 0.5) is 5.69 Å². The van der Waals surface area contributed by atoms with Gasteiger partial charge in [-0.2, -0.15) is 0 Å². The zero-order valence-electron chi connectivity index (χ0n) is 15.3. The van der Waals surface area contributed by atoms with Crippen molar-refractivity contribution in [1.82, 2.24) is 0 Å². The summed E-state index contributed by atoms with van der Waals surface area (Å²) in [6.07, 6.45) is 5.13. The molecule has 5 rings (SSSR count). The van der Waals surface area contributed by atoms with E-state index in [4.69, 9.17) is 14.2 Å². The van der Waals surface area contributed by atoms with E-state index in [-0.39, 0.29) is 5.41 Å². The topological polar surface area (TPSA) is 30.9 Å². The number of ether oxygens (including phenoxy) is 3. The van der Waals surface area contributed by atoms with E-state index >= 15 is 0 Å². The van der Waals surface area contributed by atoms with Gasteiger partial charge < -0.3 is 19.1 Å². The lowest BCUT2D eigenvalue weighted by molar-refractivity contribution is 0.173. The number of para-hydroxylation sites is 1. The van der Waals surface area contributed by atoms with Gasteiger partial charge in [0, 0.05) is 30.4 Å². The van der Waals surface area contributed by atoms with Crippen LogP contribution in [0.3, 0.4) is 0 Å². The Balaban J connectivity index is 1.51. The highest BCUT2D eigenvalue weighted by Gasteiger charge is 2.50. The standard InChI is InChI=1S/C22H25NO3/c1-2-3-4-7-10-23-13-22(16-8-5-6-9-18(16)23)14-24-19-12-21-20(11-17(19)22)25-15-26-21/h5-6,8-9,11-12H,2-4,7,10,13-15H2,1H3. The van der Waals surface area contributed by atoms with Crippen LogP contribution < -0.4 is 19.1 Å². The van der Waals surface area contributed by atoms with Crippen molar-refractivity contribution < 1.29 is 14.2 Å². The molecule has 0 N–H and O–H groups in total. The van der Waals surface area contributed by atoms with Crippen LogP contribution in [0.5, 0.6) is 17.2 Å². The molecule has 0 radical (unpaired) electrons. The zero-order chi connectivity index (χ0) is 17.6. The molecule has 26 heavy (non-hydrogen) atoms. The molecule has 0 fully saturated rings. The summed E-state index contributed by atoms with van der Waals surface area (Å²) >= 11 is 0. The molecule has 1 spiro atoms. The second-order valence-electron chi connectivity index (χ2n) is 7.57. The van der Waals surface area contributed by atoms with E-state index in [0.29, 0.717) is 13.4 Å². The fourth-order valence-corrected chi connectivity index (χ4v) is 4.63. The number of hydrogen-bond donors (Lipinski definition) is 0. The van der Waals surface area contributed by atoms with Gasteiger partial charge in [0.15, 0.2) is 11.5 Å². The zero-order valence-corrected chi connectivity index (χ0v) is 15.3. The van der Waals surface area contributed by atoms with Crippen molar-refractivity contribution in [3.8, 4) is 17.2 Å². The second kappa shape index (κ2) is 6.11. The minimum atomic E-state index is -0.0995. The van der Waals surface area contributed by atoms with Crippen molar-refractivity contribution in [3.63, 3.8) is 0 Å². The number of fused-ring (bicyclic) bond motifs is 5. The minimum Gasteiger partial charge on any atom is -0.492 e. The van der Waals surface area contributed by atoms with E-state index < -0.39 is 0 Å². The molecule has 4 heteroatoms. The summed E-state index contributed by atoms with van der Waals surface area (Å²) in [6.45, 7) is 5.33. The largest absolute Gasteiger partial charge is 0.492 e. The van der Waals surface area contributed by atoms with Gasteiger partial charge in [0.2, 0.25) is 6.79 Å².